The van der Waals surface area contributed by atoms with E-state index in [1.54, 1.807) is 38.4 Å². The van der Waals surface area contributed by atoms with E-state index in [0.717, 1.165) is 10.9 Å². The van der Waals surface area contributed by atoms with Gasteiger partial charge in [-0.1, -0.05) is 12.1 Å². The Bertz CT molecular complexity index is 1090. The molecule has 0 fully saturated rings. The topological polar surface area (TPSA) is 90.5 Å². The average Bonchev–Trinajstić information content (AvgIpc) is 3.13. The number of nitrogens with zero attached hydrogens (tertiary/aromatic N) is 3. The van der Waals surface area contributed by atoms with Gasteiger partial charge in [0.1, 0.15) is 11.7 Å². The first-order valence-corrected chi connectivity index (χ1v) is 8.75. The van der Waals surface area contributed by atoms with Crippen LogP contribution in [0.1, 0.15) is 18.5 Å². The Morgan fingerprint density at radius 1 is 1.21 bits per heavy atom. The minimum absolute atomic E-state index is 0.294. The Balaban J connectivity index is 1.68. The van der Waals surface area contributed by atoms with Crippen LogP contribution in [0.3, 0.4) is 0 Å². The maximum absolute atomic E-state index is 13.4. The van der Waals surface area contributed by atoms with Crippen LogP contribution in [0.4, 0.5) is 14.9 Å². The first-order chi connectivity index (χ1) is 13.4. The van der Waals surface area contributed by atoms with Crippen molar-refractivity contribution in [1.82, 2.24) is 15.1 Å². The monoisotopic (exact) mass is 379 g/mol. The van der Waals surface area contributed by atoms with Crippen molar-refractivity contribution in [2.45, 2.75) is 13.0 Å². The lowest BCUT2D eigenvalue weighted by molar-refractivity contribution is -0.119. The molecule has 4 rings (SSSR count). The number of hydrogen-bond donors (Lipinski definition) is 2. The van der Waals surface area contributed by atoms with E-state index in [9.17, 15) is 14.0 Å². The molecular weight excluding hydrogens is 361 g/mol. The van der Waals surface area contributed by atoms with E-state index >= 15 is 0 Å². The summed E-state index contributed by atoms with van der Waals surface area (Å²) < 4.78 is 13.4. The van der Waals surface area contributed by atoms with Crippen LogP contribution in [0.15, 0.2) is 53.7 Å². The van der Waals surface area contributed by atoms with Crippen molar-refractivity contribution in [2.75, 3.05) is 12.4 Å². The summed E-state index contributed by atoms with van der Waals surface area (Å²) >= 11 is 0. The summed E-state index contributed by atoms with van der Waals surface area (Å²) in [5, 5.41) is 10.6. The highest BCUT2D eigenvalue weighted by molar-refractivity contribution is 6.13. The summed E-state index contributed by atoms with van der Waals surface area (Å²) in [7, 11) is 1.59. The summed E-state index contributed by atoms with van der Waals surface area (Å²) in [4.78, 5) is 30.8. The Hall–Kier alpha value is -3.55. The van der Waals surface area contributed by atoms with E-state index in [2.05, 4.69) is 20.5 Å². The molecule has 2 unspecified atom stereocenters. The molecule has 3 amide bonds. The van der Waals surface area contributed by atoms with Gasteiger partial charge in [-0.15, -0.1) is 0 Å². The molecule has 2 N–H and O–H groups in total. The Kier molecular flexibility index (Phi) is 4.38. The van der Waals surface area contributed by atoms with E-state index < -0.39 is 18.0 Å². The number of hydrogen-bond acceptors (Lipinski definition) is 3. The molecule has 0 saturated heterocycles. The third-order valence-electron chi connectivity index (χ3n) is 4.96. The van der Waals surface area contributed by atoms with Crippen LogP contribution in [0, 0.1) is 11.7 Å². The smallest absolute Gasteiger partial charge is 0.325 e. The molecule has 0 aliphatic carbocycles. The maximum Gasteiger partial charge on any atom is 0.343 e. The SMILES string of the molecule is CC1=NC(=O)N(C)C(c2ccc(F)cc2)C1C(=O)Nc1ccc2[nH]ncc2c1. The third-order valence-corrected chi connectivity index (χ3v) is 4.96. The predicted octanol–water partition coefficient (Wildman–Crippen LogP) is 3.52. The molecule has 1 aliphatic rings. The molecule has 0 spiro atoms. The number of nitrogens with one attached hydrogen (secondary N) is 2. The van der Waals surface area contributed by atoms with Gasteiger partial charge in [-0.2, -0.15) is 5.10 Å². The number of rotatable bonds is 3. The first kappa shape index (κ1) is 17.8. The van der Waals surface area contributed by atoms with Crippen LogP contribution in [-0.2, 0) is 4.79 Å². The summed E-state index contributed by atoms with van der Waals surface area (Å²) in [6.45, 7) is 1.66. The standard InChI is InChI=1S/C20H18FN5O2/c1-11-17(19(27)24-15-7-8-16-13(9-15)10-22-25-16)18(26(2)20(28)23-11)12-3-5-14(21)6-4-12/h3-10,17-18H,1-2H3,(H,22,25)(H,24,27). The fraction of sp³-hybridized carbons (Fsp3) is 0.200. The normalized spacial score (nSPS) is 19.6. The zero-order valence-corrected chi connectivity index (χ0v) is 15.3. The largest absolute Gasteiger partial charge is 0.343 e. The molecule has 1 aliphatic heterocycles. The maximum atomic E-state index is 13.4. The second-order valence-corrected chi connectivity index (χ2v) is 6.78. The van der Waals surface area contributed by atoms with Crippen LogP contribution in [-0.4, -0.2) is 39.8 Å². The highest BCUT2D eigenvalue weighted by Gasteiger charge is 2.40. The van der Waals surface area contributed by atoms with Crippen molar-refractivity contribution in [3.8, 4) is 0 Å². The van der Waals surface area contributed by atoms with Gasteiger partial charge in [0.15, 0.2) is 0 Å². The van der Waals surface area contributed by atoms with Crippen molar-refractivity contribution in [3.63, 3.8) is 0 Å². The van der Waals surface area contributed by atoms with Gasteiger partial charge in [0, 0.05) is 23.8 Å². The van der Waals surface area contributed by atoms with Crippen molar-refractivity contribution < 1.29 is 14.0 Å². The first-order valence-electron chi connectivity index (χ1n) is 8.75. The zero-order chi connectivity index (χ0) is 19.8. The Morgan fingerprint density at radius 2 is 1.96 bits per heavy atom. The number of fused-ring (bicyclic) bond motifs is 1. The fourth-order valence-electron chi connectivity index (χ4n) is 3.52. The van der Waals surface area contributed by atoms with Crippen molar-refractivity contribution >= 4 is 34.2 Å². The van der Waals surface area contributed by atoms with Gasteiger partial charge in [0.05, 0.1) is 17.8 Å². The molecule has 142 valence electrons. The summed E-state index contributed by atoms with van der Waals surface area (Å²) in [5.74, 6) is -1.38. The van der Waals surface area contributed by atoms with E-state index in [1.165, 1.54) is 17.0 Å². The van der Waals surface area contributed by atoms with Gasteiger partial charge in [0.25, 0.3) is 0 Å². The van der Waals surface area contributed by atoms with Crippen molar-refractivity contribution in [3.05, 3.63) is 60.0 Å². The van der Waals surface area contributed by atoms with Gasteiger partial charge >= 0.3 is 6.03 Å². The van der Waals surface area contributed by atoms with Crippen LogP contribution in [0.5, 0.6) is 0 Å². The van der Waals surface area contributed by atoms with Crippen LogP contribution in [0.2, 0.25) is 0 Å². The lowest BCUT2D eigenvalue weighted by atomic mass is 9.86. The lowest BCUT2D eigenvalue weighted by Crippen LogP contribution is -2.46. The second kappa shape index (κ2) is 6.88. The number of aliphatic imine (C=N–C) groups is 1. The number of carbonyl (C=O) groups excluding carboxylic acids is 2. The number of carbonyl (C=O) groups is 2. The number of aromatic amines is 1. The molecule has 2 heterocycles. The van der Waals surface area contributed by atoms with Gasteiger partial charge < -0.3 is 10.2 Å². The molecule has 0 bridgehead atoms. The van der Waals surface area contributed by atoms with E-state index in [1.807, 2.05) is 12.1 Å². The van der Waals surface area contributed by atoms with E-state index in [0.29, 0.717) is 17.0 Å². The number of urea groups is 1. The highest BCUT2D eigenvalue weighted by Crippen LogP contribution is 2.34. The predicted molar refractivity (Wildman–Crippen MR) is 104 cm³/mol. The Morgan fingerprint density at radius 3 is 2.71 bits per heavy atom. The minimum Gasteiger partial charge on any atom is -0.325 e. The molecule has 3 aromatic rings. The fourth-order valence-corrected chi connectivity index (χ4v) is 3.52. The molecule has 0 radical (unpaired) electrons. The average molecular weight is 379 g/mol. The molecule has 7 nitrogen and oxygen atoms in total. The molecule has 28 heavy (non-hydrogen) atoms. The van der Waals surface area contributed by atoms with Crippen LogP contribution < -0.4 is 5.32 Å². The number of aromatic nitrogens is 2. The molecule has 8 heteroatoms. The number of halogens is 1. The Labute approximate surface area is 160 Å². The number of H-pyrrole nitrogens is 1. The number of benzene rings is 2. The summed E-state index contributed by atoms with van der Waals surface area (Å²) in [5.41, 5.74) is 2.56. The number of anilines is 1. The van der Waals surface area contributed by atoms with Gasteiger partial charge in [-0.25, -0.2) is 14.2 Å². The molecule has 0 saturated carbocycles. The quantitative estimate of drug-likeness (QED) is 0.729. The number of amides is 3. The molecular formula is C20H18FN5O2. The van der Waals surface area contributed by atoms with Gasteiger partial charge in [0.2, 0.25) is 5.91 Å². The zero-order valence-electron chi connectivity index (χ0n) is 15.3. The van der Waals surface area contributed by atoms with Crippen LogP contribution >= 0.6 is 0 Å². The molecule has 2 aromatic carbocycles. The highest BCUT2D eigenvalue weighted by atomic mass is 19.1. The third kappa shape index (κ3) is 3.13. The lowest BCUT2D eigenvalue weighted by Gasteiger charge is -2.36. The minimum atomic E-state index is -0.701. The second-order valence-electron chi connectivity index (χ2n) is 6.78. The molecule has 1 aromatic heterocycles. The van der Waals surface area contributed by atoms with Gasteiger partial charge in [-0.05, 0) is 42.8 Å². The van der Waals surface area contributed by atoms with Crippen molar-refractivity contribution in [1.29, 1.82) is 0 Å². The van der Waals surface area contributed by atoms with Crippen molar-refractivity contribution in [2.24, 2.45) is 10.9 Å². The van der Waals surface area contributed by atoms with Gasteiger partial charge in [-0.3, -0.25) is 9.89 Å². The van der Waals surface area contributed by atoms with E-state index in [4.69, 9.17) is 0 Å². The summed E-state index contributed by atoms with van der Waals surface area (Å²) in [6.07, 6.45) is 1.67. The van der Waals surface area contributed by atoms with Crippen LogP contribution in [0.25, 0.3) is 10.9 Å². The van der Waals surface area contributed by atoms with E-state index in [-0.39, 0.29) is 11.7 Å². The summed E-state index contributed by atoms with van der Waals surface area (Å²) in [6, 6.07) is 10.2. The molecule has 2 atom stereocenters.